The Kier molecular flexibility index (Phi) is 6.67. The summed E-state index contributed by atoms with van der Waals surface area (Å²) in [5.41, 5.74) is 1.26. The second-order valence-electron chi connectivity index (χ2n) is 4.11. The van der Waals surface area contributed by atoms with Gasteiger partial charge in [-0.1, -0.05) is 19.1 Å². The van der Waals surface area contributed by atoms with E-state index in [2.05, 4.69) is 31.3 Å². The van der Waals surface area contributed by atoms with Crippen LogP contribution >= 0.6 is 0 Å². The van der Waals surface area contributed by atoms with Crippen LogP contribution in [0.3, 0.4) is 0 Å². The molecule has 1 aromatic carbocycles. The second-order valence-corrected chi connectivity index (χ2v) is 4.11. The normalized spacial score (nSPS) is 12.4. The van der Waals surface area contributed by atoms with Crippen molar-refractivity contribution in [3.63, 3.8) is 0 Å². The van der Waals surface area contributed by atoms with Gasteiger partial charge in [-0.05, 0) is 38.1 Å². The highest BCUT2D eigenvalue weighted by atomic mass is 16.5. The molecule has 0 aliphatic carbocycles. The van der Waals surface area contributed by atoms with Crippen LogP contribution in [0, 0.1) is 0 Å². The molecule has 1 atom stereocenters. The van der Waals surface area contributed by atoms with Gasteiger partial charge in [-0.15, -0.1) is 0 Å². The highest BCUT2D eigenvalue weighted by molar-refractivity contribution is 5.27. The Balaban J connectivity index is 2.23. The van der Waals surface area contributed by atoms with Gasteiger partial charge < -0.3 is 14.8 Å². The Morgan fingerprint density at radius 2 is 1.88 bits per heavy atom. The lowest BCUT2D eigenvalue weighted by Crippen LogP contribution is -2.13. The van der Waals surface area contributed by atoms with Crippen LogP contribution in [0.1, 0.15) is 25.8 Å². The van der Waals surface area contributed by atoms with Crippen molar-refractivity contribution in [3.8, 4) is 5.75 Å². The molecule has 0 aromatic heterocycles. The molecule has 0 bridgehead atoms. The van der Waals surface area contributed by atoms with Gasteiger partial charge in [-0.2, -0.15) is 0 Å². The summed E-state index contributed by atoms with van der Waals surface area (Å²) in [4.78, 5) is 0. The highest BCUT2D eigenvalue weighted by Gasteiger charge is 1.98. The van der Waals surface area contributed by atoms with E-state index >= 15 is 0 Å². The van der Waals surface area contributed by atoms with Crippen molar-refractivity contribution >= 4 is 0 Å². The molecule has 0 amide bonds. The first-order valence-corrected chi connectivity index (χ1v) is 6.24. The van der Waals surface area contributed by atoms with Gasteiger partial charge in [0.25, 0.3) is 0 Å². The fourth-order valence-electron chi connectivity index (χ4n) is 1.43. The quantitative estimate of drug-likeness (QED) is 0.705. The third-order valence-corrected chi connectivity index (χ3v) is 2.63. The van der Waals surface area contributed by atoms with E-state index in [1.165, 1.54) is 5.56 Å². The van der Waals surface area contributed by atoms with Gasteiger partial charge in [0.2, 0.25) is 0 Å². The molecule has 0 spiro atoms. The Hall–Kier alpha value is -1.06. The SMILES string of the molecule is CCC(C)OCCOc1ccc(CNC)cc1. The minimum Gasteiger partial charge on any atom is -0.491 e. The van der Waals surface area contributed by atoms with Gasteiger partial charge in [-0.3, -0.25) is 0 Å². The maximum Gasteiger partial charge on any atom is 0.119 e. The van der Waals surface area contributed by atoms with Crippen LogP contribution in [0.25, 0.3) is 0 Å². The molecule has 17 heavy (non-hydrogen) atoms. The monoisotopic (exact) mass is 237 g/mol. The summed E-state index contributed by atoms with van der Waals surface area (Å²) < 4.78 is 11.1. The number of rotatable bonds is 8. The average Bonchev–Trinajstić information content (AvgIpc) is 2.36. The van der Waals surface area contributed by atoms with Gasteiger partial charge in [0.15, 0.2) is 0 Å². The van der Waals surface area contributed by atoms with Crippen molar-refractivity contribution < 1.29 is 9.47 Å². The summed E-state index contributed by atoms with van der Waals surface area (Å²) in [5.74, 6) is 0.901. The Labute approximate surface area is 104 Å². The van der Waals surface area contributed by atoms with Crippen LogP contribution in [-0.4, -0.2) is 26.4 Å². The molecule has 0 heterocycles. The van der Waals surface area contributed by atoms with Crippen molar-refractivity contribution in [2.75, 3.05) is 20.3 Å². The largest absolute Gasteiger partial charge is 0.491 e. The van der Waals surface area contributed by atoms with E-state index < -0.39 is 0 Å². The second kappa shape index (κ2) is 8.09. The maximum absolute atomic E-state index is 5.59. The van der Waals surface area contributed by atoms with E-state index in [9.17, 15) is 0 Å². The van der Waals surface area contributed by atoms with E-state index in [4.69, 9.17) is 9.47 Å². The average molecular weight is 237 g/mol. The molecule has 0 saturated heterocycles. The van der Waals surface area contributed by atoms with Crippen LogP contribution in [0.15, 0.2) is 24.3 Å². The van der Waals surface area contributed by atoms with E-state index in [1.807, 2.05) is 19.2 Å². The molecule has 96 valence electrons. The van der Waals surface area contributed by atoms with Crippen molar-refractivity contribution in [1.82, 2.24) is 5.32 Å². The summed E-state index contributed by atoms with van der Waals surface area (Å²) in [6, 6.07) is 8.13. The van der Waals surface area contributed by atoms with Crippen LogP contribution < -0.4 is 10.1 Å². The van der Waals surface area contributed by atoms with E-state index in [0.717, 1.165) is 18.7 Å². The topological polar surface area (TPSA) is 30.5 Å². The minimum absolute atomic E-state index is 0.316. The molecular formula is C14H23NO2. The number of hydrogen-bond donors (Lipinski definition) is 1. The zero-order valence-electron chi connectivity index (χ0n) is 11.0. The lowest BCUT2D eigenvalue weighted by molar-refractivity contribution is 0.0427. The lowest BCUT2D eigenvalue weighted by atomic mass is 10.2. The van der Waals surface area contributed by atoms with Crippen LogP contribution in [0.5, 0.6) is 5.75 Å². The minimum atomic E-state index is 0.316. The standard InChI is InChI=1S/C14H23NO2/c1-4-12(2)16-9-10-17-14-7-5-13(6-8-14)11-15-3/h5-8,12,15H,4,9-11H2,1-3H3. The number of benzene rings is 1. The van der Waals surface area contributed by atoms with E-state index in [-0.39, 0.29) is 0 Å². The zero-order valence-corrected chi connectivity index (χ0v) is 11.0. The Bertz CT molecular complexity index is 298. The van der Waals surface area contributed by atoms with Gasteiger partial charge >= 0.3 is 0 Å². The summed E-state index contributed by atoms with van der Waals surface area (Å²) in [7, 11) is 1.94. The fourth-order valence-corrected chi connectivity index (χ4v) is 1.43. The summed E-state index contributed by atoms with van der Waals surface area (Å²) >= 11 is 0. The highest BCUT2D eigenvalue weighted by Crippen LogP contribution is 2.11. The molecule has 0 radical (unpaired) electrons. The summed E-state index contributed by atoms with van der Waals surface area (Å²) in [6.07, 6.45) is 1.36. The van der Waals surface area contributed by atoms with Crippen molar-refractivity contribution in [3.05, 3.63) is 29.8 Å². The molecule has 1 aromatic rings. The van der Waals surface area contributed by atoms with Gasteiger partial charge in [0.1, 0.15) is 12.4 Å². The molecule has 0 aliphatic rings. The van der Waals surface area contributed by atoms with Crippen molar-refractivity contribution in [2.24, 2.45) is 0 Å². The molecule has 1 N–H and O–H groups in total. The van der Waals surface area contributed by atoms with Gasteiger partial charge in [-0.25, -0.2) is 0 Å². The maximum atomic E-state index is 5.59. The fraction of sp³-hybridized carbons (Fsp3) is 0.571. The Morgan fingerprint density at radius 1 is 1.18 bits per heavy atom. The molecule has 1 unspecified atom stereocenters. The summed E-state index contributed by atoms with van der Waals surface area (Å²) in [6.45, 7) is 6.33. The molecule has 3 nitrogen and oxygen atoms in total. The zero-order chi connectivity index (χ0) is 12.5. The third-order valence-electron chi connectivity index (χ3n) is 2.63. The predicted octanol–water partition coefficient (Wildman–Crippen LogP) is 2.60. The van der Waals surface area contributed by atoms with Crippen LogP contribution in [-0.2, 0) is 11.3 Å². The van der Waals surface area contributed by atoms with Gasteiger partial charge in [0, 0.05) is 6.54 Å². The van der Waals surface area contributed by atoms with Crippen LogP contribution in [0.4, 0.5) is 0 Å². The smallest absolute Gasteiger partial charge is 0.119 e. The molecule has 0 aliphatic heterocycles. The van der Waals surface area contributed by atoms with Crippen LogP contribution in [0.2, 0.25) is 0 Å². The molecule has 0 fully saturated rings. The van der Waals surface area contributed by atoms with Gasteiger partial charge in [0.05, 0.1) is 12.7 Å². The number of ether oxygens (including phenoxy) is 2. The lowest BCUT2D eigenvalue weighted by Gasteiger charge is -2.11. The summed E-state index contributed by atoms with van der Waals surface area (Å²) in [5, 5.41) is 3.11. The molecule has 1 rings (SSSR count). The predicted molar refractivity (Wildman–Crippen MR) is 70.4 cm³/mol. The number of hydrogen-bond acceptors (Lipinski definition) is 3. The van der Waals surface area contributed by atoms with E-state index in [1.54, 1.807) is 0 Å². The third kappa shape index (κ3) is 5.71. The first kappa shape index (κ1) is 14.0. The van der Waals surface area contributed by atoms with E-state index in [0.29, 0.717) is 19.3 Å². The van der Waals surface area contributed by atoms with Crippen molar-refractivity contribution in [2.45, 2.75) is 32.9 Å². The molecule has 3 heteroatoms. The van der Waals surface area contributed by atoms with Crippen molar-refractivity contribution in [1.29, 1.82) is 0 Å². The molecular weight excluding hydrogens is 214 g/mol. The Morgan fingerprint density at radius 3 is 2.47 bits per heavy atom. The number of nitrogens with one attached hydrogen (secondary N) is 1. The molecule has 0 saturated carbocycles. The first-order valence-electron chi connectivity index (χ1n) is 6.24. The first-order chi connectivity index (χ1) is 8.26.